The fourth-order valence-corrected chi connectivity index (χ4v) is 4.34. The van der Waals surface area contributed by atoms with Gasteiger partial charge in [-0.25, -0.2) is 4.79 Å². The average molecular weight is 437 g/mol. The van der Waals surface area contributed by atoms with E-state index in [0.29, 0.717) is 54.1 Å². The highest BCUT2D eigenvalue weighted by Gasteiger charge is 2.28. The third-order valence-electron chi connectivity index (χ3n) is 6.02. The van der Waals surface area contributed by atoms with Gasteiger partial charge in [0.25, 0.3) is 11.8 Å². The van der Waals surface area contributed by atoms with Gasteiger partial charge in [-0.1, -0.05) is 18.2 Å². The summed E-state index contributed by atoms with van der Waals surface area (Å²) in [7, 11) is 0. The number of esters is 1. The van der Waals surface area contributed by atoms with E-state index in [4.69, 9.17) is 4.74 Å². The van der Waals surface area contributed by atoms with Crippen molar-refractivity contribution in [1.29, 1.82) is 0 Å². The molecule has 0 atom stereocenters. The molecule has 2 amide bonds. The number of nitrogens with zero attached hydrogens (tertiary/aromatic N) is 1. The van der Waals surface area contributed by atoms with Crippen LogP contribution in [0, 0.1) is 13.8 Å². The molecule has 0 spiro atoms. The van der Waals surface area contributed by atoms with Crippen molar-refractivity contribution in [2.24, 2.45) is 0 Å². The summed E-state index contributed by atoms with van der Waals surface area (Å²) in [6.07, 6.45) is 1.34. The number of amides is 2. The van der Waals surface area contributed by atoms with Crippen LogP contribution in [0.5, 0.6) is 0 Å². The van der Waals surface area contributed by atoms with E-state index in [1.54, 1.807) is 20.8 Å². The molecule has 0 radical (unpaired) electrons. The minimum Gasteiger partial charge on any atom is -0.461 e. The molecule has 1 aliphatic heterocycles. The highest BCUT2D eigenvalue weighted by atomic mass is 16.5. The first kappa shape index (κ1) is 21.7. The first-order chi connectivity index (χ1) is 15.4. The molecule has 8 nitrogen and oxygen atoms in total. The van der Waals surface area contributed by atoms with Gasteiger partial charge in [-0.2, -0.15) is 0 Å². The molecule has 0 unspecified atom stereocenters. The van der Waals surface area contributed by atoms with E-state index in [-0.39, 0.29) is 24.5 Å². The molecule has 1 fully saturated rings. The summed E-state index contributed by atoms with van der Waals surface area (Å²) in [5.74, 6) is -0.703. The summed E-state index contributed by atoms with van der Waals surface area (Å²) >= 11 is 0. The fraction of sp³-hybridized carbons (Fsp3) is 0.375. The second-order valence-electron chi connectivity index (χ2n) is 8.16. The Morgan fingerprint density at radius 1 is 1.12 bits per heavy atom. The maximum absolute atomic E-state index is 12.9. The number of H-pyrrole nitrogens is 2. The van der Waals surface area contributed by atoms with Gasteiger partial charge in [0.1, 0.15) is 11.4 Å². The van der Waals surface area contributed by atoms with Crippen LogP contribution in [-0.4, -0.2) is 58.4 Å². The minimum atomic E-state index is -0.462. The third kappa shape index (κ3) is 4.12. The van der Waals surface area contributed by atoms with E-state index in [9.17, 15) is 14.4 Å². The van der Waals surface area contributed by atoms with Gasteiger partial charge in [-0.3, -0.25) is 9.59 Å². The van der Waals surface area contributed by atoms with E-state index in [0.717, 1.165) is 10.9 Å². The Bertz CT molecular complexity index is 1140. The van der Waals surface area contributed by atoms with E-state index in [2.05, 4.69) is 15.3 Å². The van der Waals surface area contributed by atoms with Gasteiger partial charge < -0.3 is 24.9 Å². The summed E-state index contributed by atoms with van der Waals surface area (Å²) in [4.78, 5) is 45.9. The van der Waals surface area contributed by atoms with Crippen molar-refractivity contribution in [1.82, 2.24) is 20.2 Å². The van der Waals surface area contributed by atoms with Gasteiger partial charge in [0.2, 0.25) is 0 Å². The molecule has 3 N–H and O–H groups in total. The number of piperidine rings is 1. The van der Waals surface area contributed by atoms with Crippen LogP contribution in [0.1, 0.15) is 62.4 Å². The SMILES string of the molecule is CCOC(=O)c1[nH]c(C)c(C(=O)NC2CCN(C(=O)c3cc4ccccc4[nH]3)CC2)c1C. The van der Waals surface area contributed by atoms with Crippen LogP contribution in [0.4, 0.5) is 0 Å². The lowest BCUT2D eigenvalue weighted by Gasteiger charge is -2.32. The van der Waals surface area contributed by atoms with Crippen LogP contribution in [0.25, 0.3) is 10.9 Å². The van der Waals surface area contributed by atoms with Crippen LogP contribution >= 0.6 is 0 Å². The number of hydrogen-bond acceptors (Lipinski definition) is 4. The normalized spacial score (nSPS) is 14.5. The number of carbonyl (C=O) groups excluding carboxylic acids is 3. The molecule has 0 aliphatic carbocycles. The second-order valence-corrected chi connectivity index (χ2v) is 8.16. The first-order valence-corrected chi connectivity index (χ1v) is 10.9. The second kappa shape index (κ2) is 8.90. The van der Waals surface area contributed by atoms with Crippen molar-refractivity contribution >= 4 is 28.7 Å². The van der Waals surface area contributed by atoms with Crippen LogP contribution in [0.15, 0.2) is 30.3 Å². The lowest BCUT2D eigenvalue weighted by Crippen LogP contribution is -2.46. The van der Waals surface area contributed by atoms with E-state index in [1.165, 1.54) is 0 Å². The summed E-state index contributed by atoms with van der Waals surface area (Å²) in [5.41, 5.74) is 3.54. The number of aromatic amines is 2. The zero-order valence-electron chi connectivity index (χ0n) is 18.6. The number of nitrogens with one attached hydrogen (secondary N) is 3. The third-order valence-corrected chi connectivity index (χ3v) is 6.02. The topological polar surface area (TPSA) is 107 Å². The first-order valence-electron chi connectivity index (χ1n) is 10.9. The number of para-hydroxylation sites is 1. The molecule has 32 heavy (non-hydrogen) atoms. The molecule has 8 heteroatoms. The molecule has 4 rings (SSSR count). The molecule has 3 aromatic rings. The standard InChI is InChI=1S/C24H28N4O4/c1-4-32-24(31)21-14(2)20(15(3)25-21)22(29)26-17-9-11-28(12-10-17)23(30)19-13-16-7-5-6-8-18(16)27-19/h5-8,13,17,25,27H,4,9-12H2,1-3H3,(H,26,29). The number of fused-ring (bicyclic) bond motifs is 1. The van der Waals surface area contributed by atoms with Crippen molar-refractivity contribution in [3.8, 4) is 0 Å². The van der Waals surface area contributed by atoms with E-state index < -0.39 is 5.97 Å². The van der Waals surface area contributed by atoms with Crippen LogP contribution < -0.4 is 5.32 Å². The Hall–Kier alpha value is -3.55. The Labute approximate surface area is 186 Å². The summed E-state index contributed by atoms with van der Waals surface area (Å²) in [6, 6.07) is 9.65. The Morgan fingerprint density at radius 3 is 2.53 bits per heavy atom. The lowest BCUT2D eigenvalue weighted by molar-refractivity contribution is 0.0519. The van der Waals surface area contributed by atoms with Gasteiger partial charge in [0.15, 0.2) is 0 Å². The largest absolute Gasteiger partial charge is 0.461 e. The highest BCUT2D eigenvalue weighted by molar-refractivity contribution is 6.01. The van der Waals surface area contributed by atoms with Crippen LogP contribution in [0.2, 0.25) is 0 Å². The quantitative estimate of drug-likeness (QED) is 0.533. The Morgan fingerprint density at radius 2 is 1.84 bits per heavy atom. The van der Waals surface area contributed by atoms with Gasteiger partial charge in [0.05, 0.1) is 12.2 Å². The van der Waals surface area contributed by atoms with Gasteiger partial charge in [0, 0.05) is 35.7 Å². The van der Waals surface area contributed by atoms with E-state index >= 15 is 0 Å². The highest BCUT2D eigenvalue weighted by Crippen LogP contribution is 2.21. The van der Waals surface area contributed by atoms with Crippen molar-refractivity contribution in [2.75, 3.05) is 19.7 Å². The average Bonchev–Trinajstić information content (AvgIpc) is 3.34. The number of hydrogen-bond donors (Lipinski definition) is 3. The number of benzene rings is 1. The summed E-state index contributed by atoms with van der Waals surface area (Å²) < 4.78 is 5.05. The molecule has 1 aliphatic rings. The zero-order chi connectivity index (χ0) is 22.8. The minimum absolute atomic E-state index is 0.0256. The molecule has 0 saturated carbocycles. The molecule has 1 aromatic carbocycles. The number of aromatic nitrogens is 2. The smallest absolute Gasteiger partial charge is 0.355 e. The van der Waals surface area contributed by atoms with Gasteiger partial charge in [-0.15, -0.1) is 0 Å². The van der Waals surface area contributed by atoms with Crippen molar-refractivity contribution < 1.29 is 19.1 Å². The molecule has 1 saturated heterocycles. The maximum Gasteiger partial charge on any atom is 0.355 e. The molecular formula is C24H28N4O4. The van der Waals surface area contributed by atoms with E-state index in [1.807, 2.05) is 35.2 Å². The summed E-state index contributed by atoms with van der Waals surface area (Å²) in [6.45, 7) is 6.66. The maximum atomic E-state index is 12.9. The van der Waals surface area contributed by atoms with Gasteiger partial charge >= 0.3 is 5.97 Å². The molecular weight excluding hydrogens is 408 g/mol. The predicted octanol–water partition coefficient (Wildman–Crippen LogP) is 3.32. The van der Waals surface area contributed by atoms with Crippen molar-refractivity contribution in [2.45, 2.75) is 39.7 Å². The fourth-order valence-electron chi connectivity index (χ4n) is 4.34. The Balaban J connectivity index is 1.37. The Kier molecular flexibility index (Phi) is 6.03. The molecule has 2 aromatic heterocycles. The number of ether oxygens (including phenoxy) is 1. The molecule has 3 heterocycles. The van der Waals surface area contributed by atoms with Crippen molar-refractivity contribution in [3.05, 3.63) is 58.5 Å². The van der Waals surface area contributed by atoms with Gasteiger partial charge in [-0.05, 0) is 51.3 Å². The number of carbonyl (C=O) groups is 3. The molecule has 0 bridgehead atoms. The molecule has 168 valence electrons. The lowest BCUT2D eigenvalue weighted by atomic mass is 10.0. The van der Waals surface area contributed by atoms with Crippen LogP contribution in [0.3, 0.4) is 0 Å². The monoisotopic (exact) mass is 436 g/mol. The van der Waals surface area contributed by atoms with Crippen LogP contribution in [-0.2, 0) is 4.74 Å². The zero-order valence-corrected chi connectivity index (χ0v) is 18.6. The summed E-state index contributed by atoms with van der Waals surface area (Å²) in [5, 5.41) is 4.08. The number of likely N-dealkylation sites (tertiary alicyclic amines) is 1. The number of rotatable bonds is 5. The van der Waals surface area contributed by atoms with Crippen molar-refractivity contribution in [3.63, 3.8) is 0 Å². The predicted molar refractivity (Wildman–Crippen MR) is 121 cm³/mol. The number of aryl methyl sites for hydroxylation is 1.